The maximum Gasteiger partial charge on any atom is 0.294 e. The average Bonchev–Trinajstić information content (AvgIpc) is 2.94. The summed E-state index contributed by atoms with van der Waals surface area (Å²) in [5.41, 5.74) is -4.60. The van der Waals surface area contributed by atoms with Gasteiger partial charge in [0.05, 0.1) is 14.7 Å². The fourth-order valence-electron chi connectivity index (χ4n) is 4.68. The SMILES string of the molecule is O=CC1=CC2=CC3=CC(S(=O)(=O)O)=CC(=CC4=CC(S(=O)(=O)O)=CC(=CC5=CC(S(=O)(=O)O)=CC(=CC(=C1)C2=O)C5=O)C4=O)C3=O. The molecule has 17 heteroatoms. The quantitative estimate of drug-likeness (QED) is 0.278. The third-order valence-electron chi connectivity index (χ3n) is 6.80. The third-order valence-corrected chi connectivity index (χ3v) is 9.30. The molecular weight excluding hydrogens is 669 g/mol. The van der Waals surface area contributed by atoms with Gasteiger partial charge in [-0.25, -0.2) is 0 Å². The van der Waals surface area contributed by atoms with Crippen molar-refractivity contribution in [2.75, 3.05) is 0 Å². The Morgan fingerprint density at radius 2 is 0.609 bits per heavy atom. The van der Waals surface area contributed by atoms with E-state index in [0.29, 0.717) is 42.7 Å². The van der Waals surface area contributed by atoms with Crippen LogP contribution in [0.4, 0.5) is 0 Å². The summed E-state index contributed by atoms with van der Waals surface area (Å²) in [4.78, 5) is 63.0. The first kappa shape index (κ1) is 32.4. The van der Waals surface area contributed by atoms with E-state index in [2.05, 4.69) is 0 Å². The Kier molecular flexibility index (Phi) is 7.80. The summed E-state index contributed by atoms with van der Waals surface area (Å²) in [6.45, 7) is 0. The highest BCUT2D eigenvalue weighted by molar-refractivity contribution is 7.90. The van der Waals surface area contributed by atoms with Gasteiger partial charge in [-0.1, -0.05) is 0 Å². The number of carbonyl (C=O) groups is 5. The number of rotatable bonds is 4. The van der Waals surface area contributed by atoms with Crippen LogP contribution in [0.1, 0.15) is 0 Å². The standard InChI is InChI=1S/C29H16O14S3/c30-13-14-1-15-3-17-7-23(44(35,36)37)9-19(27(17)32)5-21-11-25(46(41,42)43)12-22(29(21)34)6-20-10-24(45(38,39)40)8-18(28(20)33)4-16(2-14)26(15)31/h1-13H,(H,35,36,37)(H,38,39,40)(H,41,42,43). The summed E-state index contributed by atoms with van der Waals surface area (Å²) in [6, 6.07) is 0. The molecule has 0 heterocycles. The van der Waals surface area contributed by atoms with Crippen molar-refractivity contribution in [2.45, 2.75) is 0 Å². The second-order valence-corrected chi connectivity index (χ2v) is 14.2. The molecule has 14 nitrogen and oxygen atoms in total. The molecule has 0 saturated heterocycles. The van der Waals surface area contributed by atoms with E-state index in [0.717, 1.165) is 36.5 Å². The van der Waals surface area contributed by atoms with E-state index in [4.69, 9.17) is 0 Å². The van der Waals surface area contributed by atoms with E-state index in [1.165, 1.54) is 0 Å². The molecule has 5 aliphatic rings. The lowest BCUT2D eigenvalue weighted by Gasteiger charge is -2.18. The fourth-order valence-corrected chi connectivity index (χ4v) is 6.33. The van der Waals surface area contributed by atoms with Gasteiger partial charge in [-0.2, -0.15) is 25.3 Å². The molecule has 0 radical (unpaired) electrons. The molecule has 0 aliphatic heterocycles. The van der Waals surface area contributed by atoms with Crippen LogP contribution in [0, 0.1) is 0 Å². The number of aldehydes is 1. The zero-order chi connectivity index (χ0) is 33.9. The molecule has 46 heavy (non-hydrogen) atoms. The van der Waals surface area contributed by atoms with Crippen LogP contribution in [0.5, 0.6) is 0 Å². The summed E-state index contributed by atoms with van der Waals surface area (Å²) < 4.78 is 102. The van der Waals surface area contributed by atoms with Crippen LogP contribution in [-0.4, -0.2) is 68.3 Å². The number of allylic oxidation sites excluding steroid dienone is 21. The normalized spacial score (nSPS) is 20.7. The van der Waals surface area contributed by atoms with Crippen LogP contribution in [0.25, 0.3) is 0 Å². The Hall–Kier alpha value is -5.04. The van der Waals surface area contributed by atoms with Crippen molar-refractivity contribution >= 4 is 59.8 Å². The molecular formula is C29H16O14S3. The summed E-state index contributed by atoms with van der Waals surface area (Å²) in [7, 11) is -15.1. The minimum absolute atomic E-state index is 0.169. The highest BCUT2D eigenvalue weighted by atomic mass is 32.2. The number of fused-ring (bicyclic) bond motifs is 8. The van der Waals surface area contributed by atoms with Crippen molar-refractivity contribution in [3.8, 4) is 0 Å². The molecule has 0 aromatic carbocycles. The lowest BCUT2D eigenvalue weighted by molar-refractivity contribution is -0.112. The summed E-state index contributed by atoms with van der Waals surface area (Å²) in [5.74, 6) is -4.06. The highest BCUT2D eigenvalue weighted by Crippen LogP contribution is 2.33. The van der Waals surface area contributed by atoms with Gasteiger partial charge in [0.25, 0.3) is 30.4 Å². The van der Waals surface area contributed by atoms with Crippen molar-refractivity contribution < 1.29 is 62.9 Å². The number of hydrogen-bond acceptors (Lipinski definition) is 11. The lowest BCUT2D eigenvalue weighted by Crippen LogP contribution is -2.19. The largest absolute Gasteiger partial charge is 0.298 e. The van der Waals surface area contributed by atoms with Crippen LogP contribution in [0.3, 0.4) is 0 Å². The van der Waals surface area contributed by atoms with Crippen LogP contribution in [-0.2, 0) is 54.3 Å². The Labute approximate surface area is 259 Å². The number of ketones is 4. The molecule has 0 fully saturated rings. The minimum atomic E-state index is -5.08. The van der Waals surface area contributed by atoms with Crippen LogP contribution in [0.2, 0.25) is 0 Å². The van der Waals surface area contributed by atoms with Crippen LogP contribution < -0.4 is 0 Å². The molecule has 0 saturated carbocycles. The van der Waals surface area contributed by atoms with E-state index < -0.39 is 113 Å². The second-order valence-electron chi connectivity index (χ2n) is 9.94. The number of carbonyl (C=O) groups excluding carboxylic acids is 5. The Balaban J connectivity index is 1.91. The minimum Gasteiger partial charge on any atom is -0.298 e. The lowest BCUT2D eigenvalue weighted by atomic mass is 9.85. The van der Waals surface area contributed by atoms with E-state index in [9.17, 15) is 62.9 Å². The average molecular weight is 685 g/mol. The van der Waals surface area contributed by atoms with Crippen LogP contribution >= 0.6 is 0 Å². The Morgan fingerprint density at radius 3 is 0.870 bits per heavy atom. The predicted octanol–water partition coefficient (Wildman–Crippen LogP) is 1.18. The summed E-state index contributed by atoms with van der Waals surface area (Å²) in [5, 5.41) is 0. The first-order chi connectivity index (χ1) is 21.3. The molecule has 5 aliphatic carbocycles. The van der Waals surface area contributed by atoms with Gasteiger partial charge in [-0.3, -0.25) is 37.6 Å². The van der Waals surface area contributed by atoms with Gasteiger partial charge < -0.3 is 0 Å². The highest BCUT2D eigenvalue weighted by Gasteiger charge is 2.31. The zero-order valence-electron chi connectivity index (χ0n) is 22.6. The molecule has 0 atom stereocenters. The van der Waals surface area contributed by atoms with Crippen molar-refractivity contribution in [3.05, 3.63) is 138 Å². The molecule has 3 N–H and O–H groups in total. The number of Topliss-reactive ketones (excluding diaryl/α,β-unsaturated/α-hetero) is 4. The second kappa shape index (κ2) is 11.1. The van der Waals surface area contributed by atoms with E-state index in [-0.39, 0.29) is 5.57 Å². The van der Waals surface area contributed by atoms with Gasteiger partial charge in [-0.15, -0.1) is 0 Å². The third kappa shape index (κ3) is 6.23. The topological polar surface area (TPSA) is 248 Å². The molecule has 0 unspecified atom stereocenters. The van der Waals surface area contributed by atoms with E-state index in [1.807, 2.05) is 0 Å². The Morgan fingerprint density at radius 1 is 0.370 bits per heavy atom. The van der Waals surface area contributed by atoms with Crippen molar-refractivity contribution in [2.24, 2.45) is 0 Å². The zero-order valence-corrected chi connectivity index (χ0v) is 25.0. The van der Waals surface area contributed by atoms with Crippen molar-refractivity contribution in [1.29, 1.82) is 0 Å². The van der Waals surface area contributed by atoms with Gasteiger partial charge in [0, 0.05) is 50.2 Å². The van der Waals surface area contributed by atoms with Crippen molar-refractivity contribution in [1.82, 2.24) is 0 Å². The van der Waals surface area contributed by atoms with Gasteiger partial charge >= 0.3 is 0 Å². The van der Waals surface area contributed by atoms with Gasteiger partial charge in [0.1, 0.15) is 6.29 Å². The Bertz CT molecular complexity index is 2340. The molecule has 0 amide bonds. The fraction of sp³-hybridized carbons (Fsp3) is 0. The summed E-state index contributed by atoms with van der Waals surface area (Å²) in [6.07, 6.45) is 9.45. The molecule has 0 aromatic heterocycles. The molecule has 8 bridgehead atoms. The van der Waals surface area contributed by atoms with E-state index >= 15 is 0 Å². The van der Waals surface area contributed by atoms with Gasteiger partial charge in [0.2, 0.25) is 0 Å². The smallest absolute Gasteiger partial charge is 0.294 e. The van der Waals surface area contributed by atoms with Gasteiger partial charge in [0.15, 0.2) is 23.1 Å². The summed E-state index contributed by atoms with van der Waals surface area (Å²) >= 11 is 0. The molecule has 234 valence electrons. The first-order valence-electron chi connectivity index (χ1n) is 12.4. The maximum absolute atomic E-state index is 13.5. The number of hydrogen-bond donors (Lipinski definition) is 3. The van der Waals surface area contributed by atoms with Crippen molar-refractivity contribution in [3.63, 3.8) is 0 Å². The van der Waals surface area contributed by atoms with E-state index in [1.54, 1.807) is 0 Å². The molecule has 0 spiro atoms. The van der Waals surface area contributed by atoms with Crippen LogP contribution in [0.15, 0.2) is 138 Å². The predicted molar refractivity (Wildman–Crippen MR) is 158 cm³/mol. The molecule has 0 aromatic rings. The van der Waals surface area contributed by atoms with Gasteiger partial charge in [-0.05, 0) is 72.9 Å². The monoisotopic (exact) mass is 684 g/mol. The molecule has 5 rings (SSSR count). The maximum atomic E-state index is 13.5. The first-order valence-corrected chi connectivity index (χ1v) is 16.7.